The van der Waals surface area contributed by atoms with Crippen LogP contribution in [0.5, 0.6) is 0 Å². The predicted octanol–water partition coefficient (Wildman–Crippen LogP) is 0.817. The number of hydrogen-bond donors (Lipinski definition) is 2. The van der Waals surface area contributed by atoms with Gasteiger partial charge in [0.25, 0.3) is 11.5 Å². The first-order valence-electron chi connectivity index (χ1n) is 7.47. The minimum absolute atomic E-state index is 0.0814. The van der Waals surface area contributed by atoms with Gasteiger partial charge in [-0.05, 0) is 50.2 Å². The highest BCUT2D eigenvalue weighted by Crippen LogP contribution is 2.21. The third-order valence-corrected chi connectivity index (χ3v) is 4.48. The lowest BCUT2D eigenvalue weighted by atomic mass is 9.95. The molecule has 3 rings (SSSR count). The van der Waals surface area contributed by atoms with Gasteiger partial charge in [0, 0.05) is 24.8 Å². The van der Waals surface area contributed by atoms with Crippen LogP contribution in [0.25, 0.3) is 0 Å². The summed E-state index contributed by atoms with van der Waals surface area (Å²) in [6.07, 6.45) is 6.00. The highest BCUT2D eigenvalue weighted by Gasteiger charge is 2.30. The molecule has 1 saturated heterocycles. The van der Waals surface area contributed by atoms with Gasteiger partial charge in [-0.15, -0.1) is 0 Å². The zero-order chi connectivity index (χ0) is 14.1. The van der Waals surface area contributed by atoms with Gasteiger partial charge in [-0.1, -0.05) is 0 Å². The minimum Gasteiger partial charge on any atom is -0.334 e. The van der Waals surface area contributed by atoms with Gasteiger partial charge in [0.05, 0.1) is 0 Å². The van der Waals surface area contributed by atoms with E-state index in [1.807, 2.05) is 6.07 Å². The molecule has 0 saturated carbocycles. The van der Waals surface area contributed by atoms with E-state index < -0.39 is 0 Å². The first-order valence-corrected chi connectivity index (χ1v) is 7.47. The number of pyridine rings is 1. The number of nitrogens with zero attached hydrogens (tertiary/aromatic N) is 1. The highest BCUT2D eigenvalue weighted by molar-refractivity contribution is 5.94. The van der Waals surface area contributed by atoms with Crippen molar-refractivity contribution in [3.8, 4) is 0 Å². The first-order chi connectivity index (χ1) is 9.70. The summed E-state index contributed by atoms with van der Waals surface area (Å²) in [5, 5.41) is 0. The number of aromatic amines is 1. The smallest absolute Gasteiger partial charge is 0.261 e. The summed E-state index contributed by atoms with van der Waals surface area (Å²) in [5.74, 6) is -0.160. The maximum Gasteiger partial charge on any atom is 0.261 e. The number of hydrogen-bond acceptors (Lipinski definition) is 3. The zero-order valence-electron chi connectivity index (χ0n) is 11.7. The molecule has 108 valence electrons. The van der Waals surface area contributed by atoms with Crippen LogP contribution >= 0.6 is 0 Å². The second kappa shape index (κ2) is 5.40. The van der Waals surface area contributed by atoms with E-state index in [4.69, 9.17) is 5.73 Å². The maximum atomic E-state index is 12.6. The van der Waals surface area contributed by atoms with Gasteiger partial charge in [-0.2, -0.15) is 0 Å². The molecule has 2 aliphatic rings. The van der Waals surface area contributed by atoms with Gasteiger partial charge in [-0.3, -0.25) is 9.59 Å². The lowest BCUT2D eigenvalue weighted by Gasteiger charge is -2.24. The molecular weight excluding hydrogens is 254 g/mol. The molecule has 1 aromatic heterocycles. The van der Waals surface area contributed by atoms with Crippen molar-refractivity contribution in [1.29, 1.82) is 0 Å². The monoisotopic (exact) mass is 275 g/mol. The Kier molecular flexibility index (Phi) is 3.61. The normalized spacial score (nSPS) is 21.9. The van der Waals surface area contributed by atoms with Crippen LogP contribution in [0.1, 0.15) is 47.3 Å². The van der Waals surface area contributed by atoms with Gasteiger partial charge in [0.15, 0.2) is 0 Å². The van der Waals surface area contributed by atoms with Crippen molar-refractivity contribution in [2.45, 2.75) is 44.6 Å². The number of likely N-dealkylation sites (tertiary alicyclic amines) is 1. The summed E-state index contributed by atoms with van der Waals surface area (Å²) in [5.41, 5.74) is 7.88. The van der Waals surface area contributed by atoms with Gasteiger partial charge >= 0.3 is 0 Å². The Morgan fingerprint density at radius 3 is 2.95 bits per heavy atom. The number of rotatable bonds is 2. The zero-order valence-corrected chi connectivity index (χ0v) is 11.7. The molecule has 1 unspecified atom stereocenters. The summed E-state index contributed by atoms with van der Waals surface area (Å²) in [6, 6.07) is 1.89. The van der Waals surface area contributed by atoms with E-state index in [1.165, 1.54) is 0 Å². The Morgan fingerprint density at radius 1 is 1.35 bits per heavy atom. The second-order valence-corrected chi connectivity index (χ2v) is 5.75. The molecule has 1 amide bonds. The molecule has 1 aliphatic heterocycles. The van der Waals surface area contributed by atoms with E-state index in [1.54, 1.807) is 4.90 Å². The number of nitrogens with one attached hydrogen (secondary N) is 1. The molecule has 1 aliphatic carbocycles. The molecule has 0 bridgehead atoms. The molecular formula is C15H21N3O2. The van der Waals surface area contributed by atoms with Gasteiger partial charge in [0.2, 0.25) is 0 Å². The number of carbonyl (C=O) groups is 1. The van der Waals surface area contributed by atoms with E-state index in [9.17, 15) is 9.59 Å². The van der Waals surface area contributed by atoms with Gasteiger partial charge in [-0.25, -0.2) is 0 Å². The van der Waals surface area contributed by atoms with Crippen LogP contribution in [0.4, 0.5) is 0 Å². The molecule has 5 nitrogen and oxygen atoms in total. The Balaban J connectivity index is 1.93. The van der Waals surface area contributed by atoms with Crippen LogP contribution in [0.3, 0.4) is 0 Å². The van der Waals surface area contributed by atoms with Crippen molar-refractivity contribution in [1.82, 2.24) is 9.88 Å². The Hall–Kier alpha value is -1.62. The molecule has 2 heterocycles. The summed E-state index contributed by atoms with van der Waals surface area (Å²) in [6.45, 7) is 1.17. The van der Waals surface area contributed by atoms with Crippen molar-refractivity contribution < 1.29 is 4.79 Å². The number of carbonyl (C=O) groups excluding carboxylic acids is 1. The van der Waals surface area contributed by atoms with Crippen molar-refractivity contribution in [2.75, 3.05) is 13.1 Å². The lowest BCUT2D eigenvalue weighted by molar-refractivity contribution is 0.0739. The van der Waals surface area contributed by atoms with Crippen LogP contribution in [0, 0.1) is 0 Å². The van der Waals surface area contributed by atoms with Crippen molar-refractivity contribution in [3.63, 3.8) is 0 Å². The summed E-state index contributed by atoms with van der Waals surface area (Å²) in [4.78, 5) is 29.4. The Labute approximate surface area is 118 Å². The number of nitrogens with two attached hydrogens (primary N) is 1. The van der Waals surface area contributed by atoms with Crippen LogP contribution in [-0.2, 0) is 12.8 Å². The number of H-pyrrole nitrogens is 1. The predicted molar refractivity (Wildman–Crippen MR) is 76.8 cm³/mol. The van der Waals surface area contributed by atoms with Gasteiger partial charge < -0.3 is 15.6 Å². The van der Waals surface area contributed by atoms with E-state index in [0.29, 0.717) is 13.1 Å². The maximum absolute atomic E-state index is 12.6. The topological polar surface area (TPSA) is 79.2 Å². The lowest BCUT2D eigenvalue weighted by Crippen LogP contribution is -2.42. The SMILES string of the molecule is NCC1CCCN1C(=O)c1cc2c([nH]c1=O)CCCC2. The molecule has 5 heteroatoms. The molecule has 3 N–H and O–H groups in total. The largest absolute Gasteiger partial charge is 0.334 e. The van der Waals surface area contributed by atoms with Crippen LogP contribution < -0.4 is 11.3 Å². The third-order valence-electron chi connectivity index (χ3n) is 4.48. The molecule has 0 spiro atoms. The van der Waals surface area contributed by atoms with Crippen molar-refractivity contribution in [3.05, 3.63) is 33.2 Å². The summed E-state index contributed by atoms with van der Waals surface area (Å²) >= 11 is 0. The third kappa shape index (κ3) is 2.26. The fourth-order valence-electron chi connectivity index (χ4n) is 3.34. The first kappa shape index (κ1) is 13.4. The fourth-order valence-corrected chi connectivity index (χ4v) is 3.34. The van der Waals surface area contributed by atoms with E-state index in [2.05, 4.69) is 4.98 Å². The molecule has 1 atom stereocenters. The number of aryl methyl sites for hydroxylation is 2. The molecule has 0 radical (unpaired) electrons. The summed E-state index contributed by atoms with van der Waals surface area (Å²) < 4.78 is 0. The summed E-state index contributed by atoms with van der Waals surface area (Å²) in [7, 11) is 0. The molecule has 0 aromatic carbocycles. The van der Waals surface area contributed by atoms with E-state index in [-0.39, 0.29) is 23.1 Å². The molecule has 20 heavy (non-hydrogen) atoms. The fraction of sp³-hybridized carbons (Fsp3) is 0.600. The Morgan fingerprint density at radius 2 is 2.15 bits per heavy atom. The minimum atomic E-state index is -0.252. The average Bonchev–Trinajstić information content (AvgIpc) is 2.94. The van der Waals surface area contributed by atoms with E-state index in [0.717, 1.165) is 49.8 Å². The molecule has 1 fully saturated rings. The number of aromatic nitrogens is 1. The van der Waals surface area contributed by atoms with E-state index >= 15 is 0 Å². The quantitative estimate of drug-likeness (QED) is 0.838. The average molecular weight is 275 g/mol. The Bertz CT molecular complexity index is 579. The van der Waals surface area contributed by atoms with Crippen LogP contribution in [0.2, 0.25) is 0 Å². The molecule has 1 aromatic rings. The van der Waals surface area contributed by atoms with Crippen molar-refractivity contribution in [2.24, 2.45) is 5.73 Å². The second-order valence-electron chi connectivity index (χ2n) is 5.75. The van der Waals surface area contributed by atoms with Crippen LogP contribution in [-0.4, -0.2) is 34.9 Å². The number of fused-ring (bicyclic) bond motifs is 1. The van der Waals surface area contributed by atoms with Crippen molar-refractivity contribution >= 4 is 5.91 Å². The standard InChI is InChI=1S/C15H21N3O2/c16-9-11-5-3-7-18(11)15(20)12-8-10-4-1-2-6-13(10)17-14(12)19/h8,11H,1-7,9,16H2,(H,17,19). The number of amides is 1. The van der Waals surface area contributed by atoms with Crippen LogP contribution in [0.15, 0.2) is 10.9 Å². The van der Waals surface area contributed by atoms with Gasteiger partial charge in [0.1, 0.15) is 5.56 Å². The highest BCUT2D eigenvalue weighted by atomic mass is 16.2.